The standard InChI is InChI=1S/C18H19Cl2N3O2/c19-12-6-11(17(24)14(20)7-12)8-23-4-3-13-15(9-23)21-16(22-18(13)25)5-10-1-2-10/h6-7,10,24H,1-5,8-9H2,(H,21,22,25). The molecule has 1 aliphatic heterocycles. The Balaban J connectivity index is 1.56. The highest BCUT2D eigenvalue weighted by atomic mass is 35.5. The molecule has 1 fully saturated rings. The molecule has 0 atom stereocenters. The Labute approximate surface area is 155 Å². The Bertz CT molecular complexity index is 877. The molecule has 25 heavy (non-hydrogen) atoms. The summed E-state index contributed by atoms with van der Waals surface area (Å²) in [5.74, 6) is 1.53. The quantitative estimate of drug-likeness (QED) is 0.854. The number of aromatic amines is 1. The lowest BCUT2D eigenvalue weighted by Crippen LogP contribution is -2.35. The first-order valence-electron chi connectivity index (χ1n) is 8.50. The maximum absolute atomic E-state index is 12.3. The van der Waals surface area contributed by atoms with Crippen LogP contribution < -0.4 is 5.56 Å². The fourth-order valence-electron chi connectivity index (χ4n) is 3.35. The molecule has 0 unspecified atom stereocenters. The van der Waals surface area contributed by atoms with E-state index in [-0.39, 0.29) is 16.3 Å². The molecule has 0 amide bonds. The second-order valence-corrected chi connectivity index (χ2v) is 7.79. The first kappa shape index (κ1) is 16.9. The van der Waals surface area contributed by atoms with E-state index >= 15 is 0 Å². The van der Waals surface area contributed by atoms with Crippen molar-refractivity contribution in [1.29, 1.82) is 0 Å². The van der Waals surface area contributed by atoms with Crippen molar-refractivity contribution < 1.29 is 5.11 Å². The monoisotopic (exact) mass is 379 g/mol. The first-order chi connectivity index (χ1) is 12.0. The minimum atomic E-state index is -0.00560. The Morgan fingerprint density at radius 1 is 1.32 bits per heavy atom. The van der Waals surface area contributed by atoms with Gasteiger partial charge in [0, 0.05) is 42.2 Å². The number of H-pyrrole nitrogens is 1. The fourth-order valence-corrected chi connectivity index (χ4v) is 3.89. The van der Waals surface area contributed by atoms with Crippen molar-refractivity contribution in [2.75, 3.05) is 6.54 Å². The SMILES string of the molecule is O=c1[nH]c(CC2CC2)nc2c1CCN(Cc1cc(Cl)cc(Cl)c1O)C2. The van der Waals surface area contributed by atoms with Gasteiger partial charge in [0.2, 0.25) is 0 Å². The van der Waals surface area contributed by atoms with Crippen molar-refractivity contribution in [1.82, 2.24) is 14.9 Å². The average Bonchev–Trinajstić information content (AvgIpc) is 3.36. The lowest BCUT2D eigenvalue weighted by Gasteiger charge is -2.28. The number of nitrogens with zero attached hydrogens (tertiary/aromatic N) is 2. The number of rotatable bonds is 4. The van der Waals surface area contributed by atoms with E-state index in [0.717, 1.165) is 30.0 Å². The van der Waals surface area contributed by atoms with Crippen LogP contribution in [0.1, 0.15) is 35.5 Å². The molecule has 7 heteroatoms. The number of hydrogen-bond acceptors (Lipinski definition) is 4. The van der Waals surface area contributed by atoms with Crippen LogP contribution in [-0.2, 0) is 25.9 Å². The van der Waals surface area contributed by atoms with E-state index in [1.165, 1.54) is 18.9 Å². The minimum absolute atomic E-state index is 0.00560. The molecule has 0 spiro atoms. The second kappa shape index (κ2) is 6.63. The molecule has 0 saturated heterocycles. The van der Waals surface area contributed by atoms with Crippen LogP contribution in [0, 0.1) is 5.92 Å². The van der Waals surface area contributed by atoms with Crippen LogP contribution in [-0.4, -0.2) is 26.5 Å². The van der Waals surface area contributed by atoms with E-state index in [1.54, 1.807) is 6.07 Å². The Morgan fingerprint density at radius 3 is 2.88 bits per heavy atom. The van der Waals surface area contributed by atoms with Crippen molar-refractivity contribution in [2.45, 2.75) is 38.8 Å². The summed E-state index contributed by atoms with van der Waals surface area (Å²) in [6, 6.07) is 3.25. The van der Waals surface area contributed by atoms with E-state index in [9.17, 15) is 9.90 Å². The molecular weight excluding hydrogens is 361 g/mol. The number of fused-ring (bicyclic) bond motifs is 1. The van der Waals surface area contributed by atoms with Gasteiger partial charge in [-0.25, -0.2) is 4.98 Å². The molecule has 5 nitrogen and oxygen atoms in total. The summed E-state index contributed by atoms with van der Waals surface area (Å²) in [5.41, 5.74) is 2.31. The van der Waals surface area contributed by atoms with Gasteiger partial charge in [0.05, 0.1) is 10.7 Å². The number of benzene rings is 1. The van der Waals surface area contributed by atoms with Gasteiger partial charge in [-0.3, -0.25) is 9.69 Å². The predicted octanol–water partition coefficient (Wildman–Crippen LogP) is 3.29. The van der Waals surface area contributed by atoms with E-state index < -0.39 is 0 Å². The van der Waals surface area contributed by atoms with E-state index in [4.69, 9.17) is 28.2 Å². The van der Waals surface area contributed by atoms with Gasteiger partial charge >= 0.3 is 0 Å². The van der Waals surface area contributed by atoms with Crippen molar-refractivity contribution in [2.24, 2.45) is 5.92 Å². The summed E-state index contributed by atoms with van der Waals surface area (Å²) in [6.45, 7) is 1.82. The van der Waals surface area contributed by atoms with Crippen molar-refractivity contribution in [3.8, 4) is 5.75 Å². The molecule has 2 heterocycles. The Kier molecular flexibility index (Phi) is 4.48. The average molecular weight is 380 g/mol. The second-order valence-electron chi connectivity index (χ2n) is 6.94. The molecule has 1 aromatic carbocycles. The van der Waals surface area contributed by atoms with Crippen molar-refractivity contribution in [3.05, 3.63) is 55.2 Å². The number of nitrogens with one attached hydrogen (secondary N) is 1. The van der Waals surface area contributed by atoms with Crippen molar-refractivity contribution >= 4 is 23.2 Å². The minimum Gasteiger partial charge on any atom is -0.506 e. The van der Waals surface area contributed by atoms with Crippen molar-refractivity contribution in [3.63, 3.8) is 0 Å². The van der Waals surface area contributed by atoms with E-state index in [0.29, 0.717) is 36.0 Å². The van der Waals surface area contributed by atoms with Crippen LogP contribution in [0.25, 0.3) is 0 Å². The lowest BCUT2D eigenvalue weighted by atomic mass is 10.0. The van der Waals surface area contributed by atoms with E-state index in [1.807, 2.05) is 0 Å². The molecule has 1 saturated carbocycles. The van der Waals surface area contributed by atoms with Gasteiger partial charge in [0.15, 0.2) is 0 Å². The van der Waals surface area contributed by atoms with Crippen LogP contribution in [0.4, 0.5) is 0 Å². The third-order valence-corrected chi connectivity index (χ3v) is 5.39. The maximum atomic E-state index is 12.3. The molecule has 1 aromatic heterocycles. The zero-order valence-electron chi connectivity index (χ0n) is 13.7. The molecule has 0 radical (unpaired) electrons. The summed E-state index contributed by atoms with van der Waals surface area (Å²) >= 11 is 12.0. The summed E-state index contributed by atoms with van der Waals surface area (Å²) in [4.78, 5) is 22.1. The first-order valence-corrected chi connectivity index (χ1v) is 9.25. The third-order valence-electron chi connectivity index (χ3n) is 4.88. The zero-order chi connectivity index (χ0) is 17.6. The fraction of sp³-hybridized carbons (Fsp3) is 0.444. The zero-order valence-corrected chi connectivity index (χ0v) is 15.2. The van der Waals surface area contributed by atoms with Gasteiger partial charge in [-0.15, -0.1) is 0 Å². The topological polar surface area (TPSA) is 69.2 Å². The number of hydrogen-bond donors (Lipinski definition) is 2. The highest BCUT2D eigenvalue weighted by molar-refractivity contribution is 6.35. The van der Waals surface area contributed by atoms with Gasteiger partial charge in [0.1, 0.15) is 11.6 Å². The maximum Gasteiger partial charge on any atom is 0.254 e. The number of aromatic hydroxyl groups is 1. The number of halogens is 2. The lowest BCUT2D eigenvalue weighted by molar-refractivity contribution is 0.237. The molecule has 1 aliphatic carbocycles. The Morgan fingerprint density at radius 2 is 2.12 bits per heavy atom. The number of phenolic OH excluding ortho intramolecular Hbond substituents is 1. The summed E-state index contributed by atoms with van der Waals surface area (Å²) in [6.07, 6.45) is 3.95. The highest BCUT2D eigenvalue weighted by Gasteiger charge is 2.26. The van der Waals surface area contributed by atoms with Gasteiger partial charge < -0.3 is 10.1 Å². The van der Waals surface area contributed by atoms with Crippen LogP contribution >= 0.6 is 23.2 Å². The van der Waals surface area contributed by atoms with Gasteiger partial charge in [-0.1, -0.05) is 23.2 Å². The van der Waals surface area contributed by atoms with Crippen LogP contribution in [0.2, 0.25) is 10.0 Å². The highest BCUT2D eigenvalue weighted by Crippen LogP contribution is 2.33. The Hall–Kier alpha value is -1.56. The summed E-state index contributed by atoms with van der Waals surface area (Å²) < 4.78 is 0. The van der Waals surface area contributed by atoms with E-state index in [2.05, 4.69) is 9.88 Å². The van der Waals surface area contributed by atoms with Gasteiger partial charge in [0.25, 0.3) is 5.56 Å². The number of phenols is 1. The van der Waals surface area contributed by atoms with Gasteiger partial charge in [-0.05, 0) is 37.3 Å². The third kappa shape index (κ3) is 3.68. The normalized spacial score (nSPS) is 17.5. The van der Waals surface area contributed by atoms with Crippen LogP contribution in [0.5, 0.6) is 5.75 Å². The number of aromatic nitrogens is 2. The summed E-state index contributed by atoms with van der Waals surface area (Å²) in [5, 5.41) is 10.9. The molecule has 2 aromatic rings. The molecule has 0 bridgehead atoms. The molecule has 4 rings (SSSR count). The van der Waals surface area contributed by atoms with Crippen LogP contribution in [0.15, 0.2) is 16.9 Å². The largest absolute Gasteiger partial charge is 0.506 e. The molecular formula is C18H19Cl2N3O2. The molecule has 2 aliphatic rings. The van der Waals surface area contributed by atoms with Crippen LogP contribution in [0.3, 0.4) is 0 Å². The molecule has 132 valence electrons. The van der Waals surface area contributed by atoms with Gasteiger partial charge in [-0.2, -0.15) is 0 Å². The summed E-state index contributed by atoms with van der Waals surface area (Å²) in [7, 11) is 0. The smallest absolute Gasteiger partial charge is 0.254 e. The molecule has 2 N–H and O–H groups in total. The predicted molar refractivity (Wildman–Crippen MR) is 97.2 cm³/mol.